The zero-order valence-electron chi connectivity index (χ0n) is 9.25. The smallest absolute Gasteiger partial charge is 0.0267 e. The van der Waals surface area contributed by atoms with Gasteiger partial charge in [-0.2, -0.15) is 0 Å². The molecule has 1 atom stereocenters. The number of fused-ring (bicyclic) bond motifs is 2. The summed E-state index contributed by atoms with van der Waals surface area (Å²) in [5, 5.41) is 2.48. The second-order valence-electron chi connectivity index (χ2n) is 5.29. The summed E-state index contributed by atoms with van der Waals surface area (Å²) in [4.78, 5) is 0. The number of hydrogen-bond acceptors (Lipinski definition) is 2. The molecule has 2 heterocycles. The van der Waals surface area contributed by atoms with Crippen LogP contribution in [0.15, 0.2) is 0 Å². The zero-order valence-corrected chi connectivity index (χ0v) is 9.25. The third-order valence-electron chi connectivity index (χ3n) is 3.62. The molecule has 76 valence electrons. The second kappa shape index (κ2) is 3.25. The summed E-state index contributed by atoms with van der Waals surface area (Å²) < 4.78 is 0. The van der Waals surface area contributed by atoms with E-state index in [1.54, 1.807) is 0 Å². The molecule has 2 saturated heterocycles. The van der Waals surface area contributed by atoms with Crippen LogP contribution in [-0.2, 0) is 0 Å². The van der Waals surface area contributed by atoms with Gasteiger partial charge in [-0.05, 0) is 38.5 Å². The lowest BCUT2D eigenvalue weighted by atomic mass is 9.70. The first-order chi connectivity index (χ1) is 6.09. The maximum atomic E-state index is 3.69. The van der Waals surface area contributed by atoms with Crippen molar-refractivity contribution in [2.24, 2.45) is 11.8 Å². The Labute approximate surface area is 81.7 Å². The Kier molecular flexibility index (Phi) is 2.37. The van der Waals surface area contributed by atoms with Gasteiger partial charge in [-0.3, -0.25) is 5.43 Å². The molecular formula is C11H22N2. The molecule has 0 amide bonds. The van der Waals surface area contributed by atoms with E-state index in [4.69, 9.17) is 0 Å². The van der Waals surface area contributed by atoms with Crippen molar-refractivity contribution in [3.8, 4) is 0 Å². The van der Waals surface area contributed by atoms with Crippen molar-refractivity contribution < 1.29 is 0 Å². The lowest BCUT2D eigenvalue weighted by Crippen LogP contribution is -2.68. The van der Waals surface area contributed by atoms with Crippen LogP contribution in [0.3, 0.4) is 0 Å². The summed E-state index contributed by atoms with van der Waals surface area (Å²) in [5.41, 5.74) is 3.69. The number of rotatable bonds is 2. The van der Waals surface area contributed by atoms with Crippen LogP contribution in [0.5, 0.6) is 0 Å². The summed E-state index contributed by atoms with van der Waals surface area (Å²) in [6.07, 6.45) is 2.85. The average Bonchev–Trinajstić information content (AvgIpc) is 2.01. The summed E-state index contributed by atoms with van der Waals surface area (Å²) in [6.45, 7) is 9.22. The molecule has 1 N–H and O–H groups in total. The van der Waals surface area contributed by atoms with E-state index in [1.165, 1.54) is 12.8 Å². The van der Waals surface area contributed by atoms with Crippen LogP contribution in [0.1, 0.15) is 40.5 Å². The fraction of sp³-hybridized carbons (Fsp3) is 1.00. The van der Waals surface area contributed by atoms with Crippen LogP contribution in [0.4, 0.5) is 0 Å². The van der Waals surface area contributed by atoms with Crippen molar-refractivity contribution in [3.63, 3.8) is 0 Å². The monoisotopic (exact) mass is 182 g/mol. The molecule has 2 bridgehead atoms. The fourth-order valence-electron chi connectivity index (χ4n) is 2.80. The Balaban J connectivity index is 2.02. The van der Waals surface area contributed by atoms with Gasteiger partial charge in [-0.1, -0.05) is 13.8 Å². The van der Waals surface area contributed by atoms with Crippen molar-refractivity contribution >= 4 is 0 Å². The number of hydrazine groups is 1. The SMILES string of the molecule is CC(C)[C@H]1NN(C(C)C)C2CC1C2. The Hall–Kier alpha value is -0.0800. The third-order valence-corrected chi connectivity index (χ3v) is 3.62. The highest BCUT2D eigenvalue weighted by Crippen LogP contribution is 2.41. The molecule has 0 radical (unpaired) electrons. The number of nitrogens with zero attached hydrogens (tertiary/aromatic N) is 1. The van der Waals surface area contributed by atoms with E-state index >= 15 is 0 Å². The van der Waals surface area contributed by atoms with E-state index in [2.05, 4.69) is 38.1 Å². The van der Waals surface area contributed by atoms with Crippen LogP contribution < -0.4 is 5.43 Å². The second-order valence-corrected chi connectivity index (χ2v) is 5.29. The quantitative estimate of drug-likeness (QED) is 0.703. The highest BCUT2D eigenvalue weighted by molar-refractivity contribution is 4.99. The minimum atomic E-state index is 0.646. The molecule has 3 aliphatic rings. The van der Waals surface area contributed by atoms with Crippen LogP contribution in [0.2, 0.25) is 0 Å². The van der Waals surface area contributed by atoms with Crippen molar-refractivity contribution in [2.45, 2.75) is 58.7 Å². The predicted octanol–water partition coefficient (Wildman–Crippen LogP) is 2.02. The van der Waals surface area contributed by atoms with Gasteiger partial charge in [0.15, 0.2) is 0 Å². The van der Waals surface area contributed by atoms with Gasteiger partial charge in [0.1, 0.15) is 0 Å². The first-order valence-electron chi connectivity index (χ1n) is 5.64. The van der Waals surface area contributed by atoms with Gasteiger partial charge < -0.3 is 0 Å². The zero-order chi connectivity index (χ0) is 9.59. The third kappa shape index (κ3) is 1.50. The number of hydrogen-bond donors (Lipinski definition) is 1. The van der Waals surface area contributed by atoms with Gasteiger partial charge in [0.25, 0.3) is 0 Å². The minimum Gasteiger partial charge on any atom is -0.251 e. The van der Waals surface area contributed by atoms with Crippen LogP contribution >= 0.6 is 0 Å². The van der Waals surface area contributed by atoms with E-state index in [-0.39, 0.29) is 0 Å². The van der Waals surface area contributed by atoms with E-state index in [1.807, 2.05) is 0 Å². The van der Waals surface area contributed by atoms with E-state index in [0.717, 1.165) is 23.9 Å². The molecular weight excluding hydrogens is 160 g/mol. The van der Waals surface area contributed by atoms with Crippen molar-refractivity contribution in [3.05, 3.63) is 0 Å². The topological polar surface area (TPSA) is 15.3 Å². The molecule has 3 fully saturated rings. The predicted molar refractivity (Wildman–Crippen MR) is 55.2 cm³/mol. The summed E-state index contributed by atoms with van der Waals surface area (Å²) in [5.74, 6) is 1.73. The molecule has 0 spiro atoms. The lowest BCUT2D eigenvalue weighted by Gasteiger charge is -2.56. The Bertz CT molecular complexity index is 165. The molecule has 0 aromatic rings. The normalized spacial score (nSPS) is 39.7. The van der Waals surface area contributed by atoms with Crippen molar-refractivity contribution in [1.82, 2.24) is 10.4 Å². The molecule has 3 rings (SSSR count). The van der Waals surface area contributed by atoms with E-state index < -0.39 is 0 Å². The Morgan fingerprint density at radius 2 is 1.77 bits per heavy atom. The van der Waals surface area contributed by atoms with Gasteiger partial charge in [-0.25, -0.2) is 5.01 Å². The number of nitrogens with one attached hydrogen (secondary N) is 1. The molecule has 0 aromatic carbocycles. The van der Waals surface area contributed by atoms with Gasteiger partial charge in [0, 0.05) is 18.1 Å². The highest BCUT2D eigenvalue weighted by Gasteiger charge is 2.46. The van der Waals surface area contributed by atoms with Crippen LogP contribution in [0, 0.1) is 11.8 Å². The van der Waals surface area contributed by atoms with Gasteiger partial charge in [-0.15, -0.1) is 0 Å². The first-order valence-corrected chi connectivity index (χ1v) is 5.64. The summed E-state index contributed by atoms with van der Waals surface area (Å²) in [7, 11) is 0. The average molecular weight is 182 g/mol. The first kappa shape index (κ1) is 9.47. The summed E-state index contributed by atoms with van der Waals surface area (Å²) >= 11 is 0. The van der Waals surface area contributed by atoms with E-state index in [9.17, 15) is 0 Å². The van der Waals surface area contributed by atoms with Crippen molar-refractivity contribution in [1.29, 1.82) is 0 Å². The molecule has 13 heavy (non-hydrogen) atoms. The largest absolute Gasteiger partial charge is 0.251 e. The van der Waals surface area contributed by atoms with Crippen LogP contribution in [-0.4, -0.2) is 23.1 Å². The molecule has 2 heteroatoms. The lowest BCUT2D eigenvalue weighted by molar-refractivity contribution is -0.0937. The van der Waals surface area contributed by atoms with Gasteiger partial charge >= 0.3 is 0 Å². The fourth-order valence-corrected chi connectivity index (χ4v) is 2.80. The highest BCUT2D eigenvalue weighted by atomic mass is 15.6. The molecule has 1 saturated carbocycles. The van der Waals surface area contributed by atoms with Crippen molar-refractivity contribution in [2.75, 3.05) is 0 Å². The Morgan fingerprint density at radius 1 is 1.15 bits per heavy atom. The summed E-state index contributed by atoms with van der Waals surface area (Å²) in [6, 6.07) is 2.21. The maximum absolute atomic E-state index is 3.69. The molecule has 2 nitrogen and oxygen atoms in total. The minimum absolute atomic E-state index is 0.646. The molecule has 1 aliphatic carbocycles. The Morgan fingerprint density at radius 3 is 2.23 bits per heavy atom. The molecule has 2 aliphatic heterocycles. The standard InChI is InChI=1S/C11H22N2/c1-7(2)11-9-5-10(6-9)13(12-11)8(3)4/h7-12H,5-6H2,1-4H3/t9?,10?,11-/m1/s1. The van der Waals surface area contributed by atoms with Gasteiger partial charge in [0.05, 0.1) is 0 Å². The van der Waals surface area contributed by atoms with E-state index in [0.29, 0.717) is 6.04 Å². The maximum Gasteiger partial charge on any atom is 0.0267 e. The van der Waals surface area contributed by atoms with Gasteiger partial charge in [0.2, 0.25) is 0 Å². The molecule has 0 aromatic heterocycles. The van der Waals surface area contributed by atoms with Crippen LogP contribution in [0.25, 0.3) is 0 Å². The molecule has 0 unspecified atom stereocenters.